The third kappa shape index (κ3) is 6.35. The van der Waals surface area contributed by atoms with Crippen molar-refractivity contribution in [1.82, 2.24) is 0 Å². The molecule has 0 saturated heterocycles. The summed E-state index contributed by atoms with van der Waals surface area (Å²) in [6.07, 6.45) is -7.34. The van der Waals surface area contributed by atoms with E-state index in [0.29, 0.717) is 13.8 Å². The van der Waals surface area contributed by atoms with Crippen molar-refractivity contribution in [1.29, 1.82) is 0 Å². The number of anilines is 2. The molecule has 1 unspecified atom stereocenters. The summed E-state index contributed by atoms with van der Waals surface area (Å²) < 4.78 is 97.0. The Kier molecular flexibility index (Phi) is 8.21. The number of hydrogen-bond acceptors (Lipinski definition) is 7. The van der Waals surface area contributed by atoms with Gasteiger partial charge in [-0.05, 0) is 58.0 Å². The summed E-state index contributed by atoms with van der Waals surface area (Å²) in [5.74, 6) is -2.30. The van der Waals surface area contributed by atoms with E-state index in [4.69, 9.17) is 9.47 Å². The summed E-state index contributed by atoms with van der Waals surface area (Å²) >= 11 is 0. The number of methoxy groups -OCH3 is 1. The third-order valence-corrected chi connectivity index (χ3v) is 7.97. The van der Waals surface area contributed by atoms with E-state index in [9.17, 15) is 40.7 Å². The molecule has 2 aromatic rings. The quantitative estimate of drug-likeness (QED) is 0.401. The lowest BCUT2D eigenvalue weighted by molar-refractivity contribution is -0.242. The number of amides is 1. The van der Waals surface area contributed by atoms with Gasteiger partial charge in [-0.1, -0.05) is 0 Å². The van der Waals surface area contributed by atoms with Gasteiger partial charge in [-0.2, -0.15) is 13.2 Å². The van der Waals surface area contributed by atoms with Crippen LogP contribution in [0.4, 0.5) is 33.7 Å². The zero-order valence-electron chi connectivity index (χ0n) is 22.1. The number of halogens is 4. The Bertz CT molecular complexity index is 1410. The molecular weight excluding hydrogens is 564 g/mol. The van der Waals surface area contributed by atoms with E-state index in [0.717, 1.165) is 35.7 Å². The van der Waals surface area contributed by atoms with Crippen molar-refractivity contribution in [3.05, 3.63) is 42.2 Å². The highest BCUT2D eigenvalue weighted by atomic mass is 32.2. The van der Waals surface area contributed by atoms with Gasteiger partial charge in [-0.25, -0.2) is 17.6 Å². The predicted molar refractivity (Wildman–Crippen MR) is 135 cm³/mol. The molecule has 0 aromatic heterocycles. The molecule has 1 amide bonds. The van der Waals surface area contributed by atoms with Crippen molar-refractivity contribution in [2.75, 3.05) is 23.3 Å². The second-order valence-electron chi connectivity index (χ2n) is 10.2. The molecule has 1 aliphatic heterocycles. The van der Waals surface area contributed by atoms with Crippen molar-refractivity contribution < 1.29 is 54.9 Å². The number of ether oxygens (including phenoxy) is 3. The lowest BCUT2D eigenvalue weighted by Crippen LogP contribution is -2.46. The Morgan fingerprint density at radius 3 is 2.35 bits per heavy atom. The molecule has 0 spiro atoms. The van der Waals surface area contributed by atoms with Gasteiger partial charge in [0.2, 0.25) is 5.60 Å². The molecule has 3 rings (SSSR count). The van der Waals surface area contributed by atoms with Crippen molar-refractivity contribution in [2.45, 2.75) is 56.9 Å². The summed E-state index contributed by atoms with van der Waals surface area (Å²) in [6.45, 7) is 3.84. The van der Waals surface area contributed by atoms with Crippen molar-refractivity contribution in [3.63, 3.8) is 0 Å². The number of carboxylic acid groups (broad SMARTS) is 1. The third-order valence-electron chi connectivity index (χ3n) is 6.20. The number of alkyl halides is 3. The van der Waals surface area contributed by atoms with Crippen LogP contribution in [-0.2, 0) is 19.6 Å². The molecule has 220 valence electrons. The molecule has 40 heavy (non-hydrogen) atoms. The van der Waals surface area contributed by atoms with Gasteiger partial charge in [0.05, 0.1) is 29.7 Å². The highest BCUT2D eigenvalue weighted by Crippen LogP contribution is 2.42. The first-order valence-corrected chi connectivity index (χ1v) is 13.2. The van der Waals surface area contributed by atoms with Gasteiger partial charge >= 0.3 is 18.2 Å². The highest BCUT2D eigenvalue weighted by molar-refractivity contribution is 7.92. The van der Waals surface area contributed by atoms with Gasteiger partial charge in [0, 0.05) is 18.2 Å². The minimum Gasteiger partial charge on any atom is -0.494 e. The van der Waals surface area contributed by atoms with E-state index < -0.39 is 51.2 Å². The summed E-state index contributed by atoms with van der Waals surface area (Å²) in [5, 5.41) is 11.7. The molecule has 2 N–H and O–H groups in total. The normalized spacial score (nSPS) is 16.0. The SMILES string of the molecule is COc1cc(S(=O)(=O)N2CC(CC(C)(C)C(=O)O)Oc3ccc(NC(=O)OC(C)(C)C(F)(F)F)cc32)ccc1F. The summed E-state index contributed by atoms with van der Waals surface area (Å²) in [6, 6.07) is 6.54. The Labute approximate surface area is 227 Å². The number of rotatable bonds is 8. The van der Waals surface area contributed by atoms with Crippen LogP contribution in [0.5, 0.6) is 11.5 Å². The number of carboxylic acids is 1. The average Bonchev–Trinajstić information content (AvgIpc) is 2.82. The van der Waals surface area contributed by atoms with Gasteiger partial charge in [0.25, 0.3) is 10.0 Å². The van der Waals surface area contributed by atoms with E-state index in [1.54, 1.807) is 0 Å². The van der Waals surface area contributed by atoms with E-state index in [1.165, 1.54) is 26.0 Å². The number of carbonyl (C=O) groups excluding carboxylic acids is 1. The van der Waals surface area contributed by atoms with Gasteiger partial charge in [0.15, 0.2) is 11.6 Å². The zero-order chi connectivity index (χ0) is 30.3. The largest absolute Gasteiger partial charge is 0.494 e. The Morgan fingerprint density at radius 1 is 1.12 bits per heavy atom. The molecule has 1 heterocycles. The molecule has 0 saturated carbocycles. The number of hydrogen-bond donors (Lipinski definition) is 2. The molecule has 15 heteroatoms. The molecule has 1 aliphatic rings. The van der Waals surface area contributed by atoms with Crippen LogP contribution in [0.1, 0.15) is 34.1 Å². The zero-order valence-corrected chi connectivity index (χ0v) is 22.9. The highest BCUT2D eigenvalue weighted by Gasteiger charge is 2.51. The average molecular weight is 593 g/mol. The summed E-state index contributed by atoms with van der Waals surface area (Å²) in [4.78, 5) is 23.5. The van der Waals surface area contributed by atoms with Gasteiger partial charge in [-0.3, -0.25) is 14.4 Å². The summed E-state index contributed by atoms with van der Waals surface area (Å²) in [5.41, 5.74) is -4.34. The fraction of sp³-hybridized carbons (Fsp3) is 0.440. The topological polar surface area (TPSA) is 131 Å². The van der Waals surface area contributed by atoms with E-state index in [1.807, 2.05) is 0 Å². The van der Waals surface area contributed by atoms with Gasteiger partial charge < -0.3 is 19.3 Å². The smallest absolute Gasteiger partial charge is 0.427 e. The van der Waals surface area contributed by atoms with Gasteiger partial charge in [-0.15, -0.1) is 0 Å². The number of aliphatic carboxylic acids is 1. The minimum atomic E-state index is -4.85. The van der Waals surface area contributed by atoms with Crippen LogP contribution in [0.3, 0.4) is 0 Å². The molecule has 0 fully saturated rings. The molecule has 1 atom stereocenters. The standard InChI is InChI=1S/C25H28F4N2O8S/c1-23(2,21(32)33)12-15-13-31(40(35,36)16-7-8-17(26)20(11-16)37-5)18-10-14(6-9-19(18)38-15)30-22(34)39-24(3,4)25(27,28)29/h6-11,15H,12-13H2,1-5H3,(H,30,34)(H,32,33). The second-order valence-corrected chi connectivity index (χ2v) is 12.0. The minimum absolute atomic E-state index is 0.00960. The first-order chi connectivity index (χ1) is 18.3. The number of nitrogens with one attached hydrogen (secondary N) is 1. The molecule has 0 radical (unpaired) electrons. The van der Waals surface area contributed by atoms with E-state index >= 15 is 0 Å². The number of nitrogens with zero attached hydrogens (tertiary/aromatic N) is 1. The summed E-state index contributed by atoms with van der Waals surface area (Å²) in [7, 11) is -3.31. The van der Waals surface area contributed by atoms with Gasteiger partial charge in [0.1, 0.15) is 11.9 Å². The first-order valence-electron chi connectivity index (χ1n) is 11.8. The number of benzene rings is 2. The van der Waals surface area contributed by atoms with Crippen molar-refractivity contribution in [2.24, 2.45) is 5.41 Å². The van der Waals surface area contributed by atoms with Crippen LogP contribution in [-0.4, -0.2) is 57.1 Å². The number of carbonyl (C=O) groups is 2. The maximum atomic E-state index is 14.0. The Hall–Kier alpha value is -3.75. The monoisotopic (exact) mass is 592 g/mol. The van der Waals surface area contributed by atoms with E-state index in [2.05, 4.69) is 10.1 Å². The Morgan fingerprint density at radius 2 is 1.77 bits per heavy atom. The lowest BCUT2D eigenvalue weighted by Gasteiger charge is -2.37. The van der Waals surface area contributed by atoms with Crippen molar-refractivity contribution in [3.8, 4) is 11.5 Å². The van der Waals surface area contributed by atoms with Crippen LogP contribution in [0.15, 0.2) is 41.3 Å². The molecular formula is C25H28F4N2O8S. The Balaban J connectivity index is 2.03. The van der Waals surface area contributed by atoms with Crippen LogP contribution in [0.2, 0.25) is 0 Å². The molecule has 0 bridgehead atoms. The molecule has 2 aromatic carbocycles. The second kappa shape index (κ2) is 10.7. The fourth-order valence-electron chi connectivity index (χ4n) is 3.74. The number of sulfonamides is 1. The molecule has 0 aliphatic carbocycles. The maximum absolute atomic E-state index is 14.0. The molecule has 10 nitrogen and oxygen atoms in total. The first kappa shape index (κ1) is 30.8. The maximum Gasteiger partial charge on any atom is 0.427 e. The lowest BCUT2D eigenvalue weighted by atomic mass is 9.86. The van der Waals surface area contributed by atoms with Crippen LogP contribution >= 0.6 is 0 Å². The van der Waals surface area contributed by atoms with Crippen LogP contribution in [0.25, 0.3) is 0 Å². The van der Waals surface area contributed by atoms with Crippen molar-refractivity contribution >= 4 is 33.5 Å². The van der Waals surface area contributed by atoms with Crippen LogP contribution in [0, 0.1) is 11.2 Å². The fourth-order valence-corrected chi connectivity index (χ4v) is 5.26. The predicted octanol–water partition coefficient (Wildman–Crippen LogP) is 5.18. The van der Waals surface area contributed by atoms with E-state index in [-0.39, 0.29) is 40.7 Å². The van der Waals surface area contributed by atoms with Crippen LogP contribution < -0.4 is 19.1 Å². The number of fused-ring (bicyclic) bond motifs is 1.